The van der Waals surface area contributed by atoms with Crippen LogP contribution in [0.1, 0.15) is 20.7 Å². The number of ether oxygens (including phenoxy) is 1. The van der Waals surface area contributed by atoms with E-state index in [0.717, 1.165) is 0 Å². The Morgan fingerprint density at radius 3 is 2.13 bits per heavy atom. The maximum atomic E-state index is 12.8. The van der Waals surface area contributed by atoms with Gasteiger partial charge in [0.1, 0.15) is 11.5 Å². The van der Waals surface area contributed by atoms with E-state index in [9.17, 15) is 9.59 Å². The molecule has 31 heavy (non-hydrogen) atoms. The third kappa shape index (κ3) is 4.98. The maximum Gasteiger partial charge on any atom is 0.255 e. The molecule has 6 nitrogen and oxygen atoms in total. The van der Waals surface area contributed by atoms with Crippen molar-refractivity contribution in [2.75, 3.05) is 26.2 Å². The third-order valence-electron chi connectivity index (χ3n) is 4.99. The Bertz CT molecular complexity index is 1080. The Balaban J connectivity index is 1.35. The number of piperazine rings is 1. The maximum absolute atomic E-state index is 12.8. The smallest absolute Gasteiger partial charge is 0.255 e. The van der Waals surface area contributed by atoms with E-state index in [0.29, 0.717) is 58.9 Å². The summed E-state index contributed by atoms with van der Waals surface area (Å²) >= 11 is 12.1. The fraction of sp³-hybridized carbons (Fsp3) is 0.174. The van der Waals surface area contributed by atoms with Crippen molar-refractivity contribution in [3.63, 3.8) is 0 Å². The summed E-state index contributed by atoms with van der Waals surface area (Å²) in [5, 5.41) is 0.804. The van der Waals surface area contributed by atoms with Gasteiger partial charge in [0.15, 0.2) is 0 Å². The number of hydrogen-bond donors (Lipinski definition) is 0. The molecular formula is C23H19Cl2N3O3. The lowest BCUT2D eigenvalue weighted by Crippen LogP contribution is -2.50. The highest BCUT2D eigenvalue weighted by molar-refractivity contribution is 6.36. The van der Waals surface area contributed by atoms with Gasteiger partial charge in [-0.2, -0.15) is 0 Å². The average Bonchev–Trinajstić information content (AvgIpc) is 2.79. The molecular weight excluding hydrogens is 437 g/mol. The van der Waals surface area contributed by atoms with Crippen molar-refractivity contribution >= 4 is 35.0 Å². The van der Waals surface area contributed by atoms with E-state index in [1.807, 2.05) is 6.07 Å². The van der Waals surface area contributed by atoms with E-state index in [2.05, 4.69) is 4.98 Å². The van der Waals surface area contributed by atoms with Gasteiger partial charge in [-0.25, -0.2) is 0 Å². The Morgan fingerprint density at radius 1 is 0.839 bits per heavy atom. The van der Waals surface area contributed by atoms with Gasteiger partial charge >= 0.3 is 0 Å². The first-order valence-electron chi connectivity index (χ1n) is 9.73. The summed E-state index contributed by atoms with van der Waals surface area (Å²) in [5.41, 5.74) is 0.981. The zero-order valence-electron chi connectivity index (χ0n) is 16.5. The average molecular weight is 456 g/mol. The van der Waals surface area contributed by atoms with Crippen LogP contribution in [-0.4, -0.2) is 52.8 Å². The van der Waals surface area contributed by atoms with Crippen LogP contribution in [0.15, 0.2) is 67.0 Å². The van der Waals surface area contributed by atoms with Crippen LogP contribution in [-0.2, 0) is 0 Å². The fourth-order valence-corrected chi connectivity index (χ4v) is 3.83. The number of hydrogen-bond acceptors (Lipinski definition) is 4. The van der Waals surface area contributed by atoms with Gasteiger partial charge in [0.2, 0.25) is 0 Å². The molecule has 2 heterocycles. The predicted octanol–water partition coefficient (Wildman–Crippen LogP) is 4.78. The predicted molar refractivity (Wildman–Crippen MR) is 119 cm³/mol. The molecule has 0 aliphatic carbocycles. The van der Waals surface area contributed by atoms with Crippen molar-refractivity contribution in [1.82, 2.24) is 14.8 Å². The molecule has 4 rings (SSSR count). The summed E-state index contributed by atoms with van der Waals surface area (Å²) in [6.07, 6.45) is 3.29. The number of pyridine rings is 1. The second-order valence-corrected chi connectivity index (χ2v) is 7.87. The molecule has 0 N–H and O–H groups in total. The highest BCUT2D eigenvalue weighted by Gasteiger charge is 2.26. The molecule has 1 fully saturated rings. The highest BCUT2D eigenvalue weighted by atomic mass is 35.5. The monoisotopic (exact) mass is 455 g/mol. The topological polar surface area (TPSA) is 62.7 Å². The molecule has 2 aromatic carbocycles. The van der Waals surface area contributed by atoms with Crippen molar-refractivity contribution in [2.45, 2.75) is 0 Å². The molecule has 158 valence electrons. The number of carbonyl (C=O) groups is 2. The molecule has 1 aliphatic heterocycles. The van der Waals surface area contributed by atoms with Gasteiger partial charge in [-0.1, -0.05) is 23.2 Å². The van der Waals surface area contributed by atoms with E-state index >= 15 is 0 Å². The van der Waals surface area contributed by atoms with E-state index in [4.69, 9.17) is 27.9 Å². The van der Waals surface area contributed by atoms with Gasteiger partial charge in [0.25, 0.3) is 11.8 Å². The number of aromatic nitrogens is 1. The van der Waals surface area contributed by atoms with Crippen LogP contribution in [0.5, 0.6) is 11.5 Å². The van der Waals surface area contributed by atoms with Gasteiger partial charge < -0.3 is 14.5 Å². The van der Waals surface area contributed by atoms with Crippen LogP contribution in [0, 0.1) is 0 Å². The SMILES string of the molecule is O=C(c1ccc(Oc2cccnc2)cc1)N1CCN(C(=O)c2ccc(Cl)cc2Cl)CC1. The molecule has 1 saturated heterocycles. The van der Waals surface area contributed by atoms with Crippen molar-refractivity contribution in [3.8, 4) is 11.5 Å². The lowest BCUT2D eigenvalue weighted by Gasteiger charge is -2.35. The summed E-state index contributed by atoms with van der Waals surface area (Å²) < 4.78 is 5.71. The summed E-state index contributed by atoms with van der Waals surface area (Å²) in [5.74, 6) is 1.01. The number of nitrogens with zero attached hydrogens (tertiary/aromatic N) is 3. The number of amides is 2. The van der Waals surface area contributed by atoms with Crippen LogP contribution in [0.2, 0.25) is 10.0 Å². The lowest BCUT2D eigenvalue weighted by atomic mass is 10.1. The van der Waals surface area contributed by atoms with Crippen molar-refractivity contribution in [3.05, 3.63) is 88.2 Å². The number of halogens is 2. The Morgan fingerprint density at radius 2 is 1.52 bits per heavy atom. The molecule has 2 amide bonds. The number of benzene rings is 2. The molecule has 0 unspecified atom stereocenters. The van der Waals surface area contributed by atoms with Crippen LogP contribution in [0.4, 0.5) is 0 Å². The lowest BCUT2D eigenvalue weighted by molar-refractivity contribution is 0.0535. The Hall–Kier alpha value is -3.09. The van der Waals surface area contributed by atoms with E-state index in [1.165, 1.54) is 0 Å². The van der Waals surface area contributed by atoms with Gasteiger partial charge in [-0.3, -0.25) is 14.6 Å². The second-order valence-electron chi connectivity index (χ2n) is 7.02. The molecule has 0 saturated carbocycles. The van der Waals surface area contributed by atoms with Gasteiger partial charge in [0.05, 0.1) is 16.8 Å². The van der Waals surface area contributed by atoms with E-state index in [-0.39, 0.29) is 11.8 Å². The molecule has 1 aromatic heterocycles. The molecule has 8 heteroatoms. The summed E-state index contributed by atoms with van der Waals surface area (Å²) in [6, 6.07) is 15.4. The van der Waals surface area contributed by atoms with Crippen LogP contribution >= 0.6 is 23.2 Å². The zero-order valence-corrected chi connectivity index (χ0v) is 18.0. The quantitative estimate of drug-likeness (QED) is 0.567. The first kappa shape index (κ1) is 21.2. The Labute approximate surface area is 190 Å². The van der Waals surface area contributed by atoms with Gasteiger partial charge in [-0.15, -0.1) is 0 Å². The first-order valence-corrected chi connectivity index (χ1v) is 10.5. The zero-order chi connectivity index (χ0) is 21.8. The van der Waals surface area contributed by atoms with Crippen LogP contribution in [0.25, 0.3) is 0 Å². The highest BCUT2D eigenvalue weighted by Crippen LogP contribution is 2.24. The van der Waals surface area contributed by atoms with Gasteiger partial charge in [-0.05, 0) is 54.6 Å². The molecule has 0 atom stereocenters. The number of rotatable bonds is 4. The minimum absolute atomic E-state index is 0.0791. The van der Waals surface area contributed by atoms with Crippen molar-refractivity contribution in [1.29, 1.82) is 0 Å². The van der Waals surface area contributed by atoms with Crippen LogP contribution < -0.4 is 4.74 Å². The fourth-order valence-electron chi connectivity index (χ4n) is 3.34. The first-order chi connectivity index (χ1) is 15.0. The van der Waals surface area contributed by atoms with Crippen molar-refractivity contribution < 1.29 is 14.3 Å². The molecule has 0 radical (unpaired) electrons. The van der Waals surface area contributed by atoms with E-state index in [1.54, 1.807) is 70.7 Å². The minimum atomic E-state index is -0.161. The summed E-state index contributed by atoms with van der Waals surface area (Å²) in [6.45, 7) is 1.77. The summed E-state index contributed by atoms with van der Waals surface area (Å²) in [7, 11) is 0. The van der Waals surface area contributed by atoms with E-state index < -0.39 is 0 Å². The third-order valence-corrected chi connectivity index (χ3v) is 5.53. The summed E-state index contributed by atoms with van der Waals surface area (Å²) in [4.78, 5) is 33.0. The van der Waals surface area contributed by atoms with Gasteiger partial charge in [0, 0.05) is 43.0 Å². The molecule has 1 aliphatic rings. The molecule has 0 bridgehead atoms. The normalized spacial score (nSPS) is 13.7. The van der Waals surface area contributed by atoms with Crippen LogP contribution in [0.3, 0.4) is 0 Å². The molecule has 0 spiro atoms. The Kier molecular flexibility index (Phi) is 6.39. The standard InChI is InChI=1S/C23H19Cl2N3O3/c24-17-5-8-20(21(25)14-17)23(30)28-12-10-27(11-13-28)22(29)16-3-6-18(7-4-16)31-19-2-1-9-26-15-19/h1-9,14-15H,10-13H2. The largest absolute Gasteiger partial charge is 0.456 e. The van der Waals surface area contributed by atoms with Crippen molar-refractivity contribution in [2.24, 2.45) is 0 Å². The second kappa shape index (κ2) is 9.37. The minimum Gasteiger partial charge on any atom is -0.456 e. The number of carbonyl (C=O) groups excluding carboxylic acids is 2. The molecule has 3 aromatic rings.